The van der Waals surface area contributed by atoms with Crippen LogP contribution in [-0.2, 0) is 10.9 Å². The molecule has 0 saturated carbocycles. The number of halogens is 4. The molecule has 0 heterocycles. The van der Waals surface area contributed by atoms with Crippen molar-refractivity contribution in [2.75, 3.05) is 13.1 Å². The average Bonchev–Trinajstić information content (AvgIpc) is 2.44. The predicted molar refractivity (Wildman–Crippen MR) is 82.6 cm³/mol. The Labute approximate surface area is 142 Å². The van der Waals surface area contributed by atoms with Crippen LogP contribution in [0.2, 0.25) is 0 Å². The van der Waals surface area contributed by atoms with E-state index in [9.17, 15) is 27.2 Å². The van der Waals surface area contributed by atoms with Gasteiger partial charge in [-0.1, -0.05) is 0 Å². The van der Waals surface area contributed by atoms with Crippen molar-refractivity contribution in [3.63, 3.8) is 0 Å². The van der Waals surface area contributed by atoms with E-state index in [1.54, 1.807) is 20.8 Å². The van der Waals surface area contributed by atoms with Gasteiger partial charge in [0.05, 0.1) is 5.56 Å². The highest BCUT2D eigenvalue weighted by molar-refractivity contribution is 5.94. The third-order valence-corrected chi connectivity index (χ3v) is 2.84. The van der Waals surface area contributed by atoms with Crippen LogP contribution >= 0.6 is 0 Å². The lowest BCUT2D eigenvalue weighted by Gasteiger charge is -2.19. The molecular weight excluding hydrogens is 344 g/mol. The second-order valence-electron chi connectivity index (χ2n) is 6.23. The molecule has 0 aromatic heterocycles. The van der Waals surface area contributed by atoms with Gasteiger partial charge in [0.1, 0.15) is 11.4 Å². The Hall–Kier alpha value is -2.32. The smallest absolute Gasteiger partial charge is 0.419 e. The summed E-state index contributed by atoms with van der Waals surface area (Å²) in [6, 6.07) is 2.03. The number of hydrogen-bond donors (Lipinski definition) is 2. The minimum absolute atomic E-state index is 0.118. The minimum atomic E-state index is -4.88. The standard InChI is InChI=1S/C16H20F4N2O3/c1-15(2,3)25-14(24)22-8-4-7-21-13(23)10-5-6-12(17)11(9-10)16(18,19)20/h5-6,9H,4,7-8H2,1-3H3,(H,21,23)(H,22,24). The molecule has 25 heavy (non-hydrogen) atoms. The average molecular weight is 364 g/mol. The molecule has 0 aliphatic carbocycles. The number of carbonyl (C=O) groups is 2. The van der Waals surface area contributed by atoms with Crippen molar-refractivity contribution in [2.45, 2.75) is 39.0 Å². The summed E-state index contributed by atoms with van der Waals surface area (Å²) in [6.45, 7) is 5.47. The lowest BCUT2D eigenvalue weighted by molar-refractivity contribution is -0.140. The van der Waals surface area contributed by atoms with Gasteiger partial charge in [-0.15, -0.1) is 0 Å². The zero-order chi connectivity index (χ0) is 19.3. The van der Waals surface area contributed by atoms with E-state index in [0.717, 1.165) is 6.07 Å². The molecule has 9 heteroatoms. The topological polar surface area (TPSA) is 67.4 Å². The van der Waals surface area contributed by atoms with E-state index < -0.39 is 35.2 Å². The summed E-state index contributed by atoms with van der Waals surface area (Å²) in [7, 11) is 0. The Kier molecular flexibility index (Phi) is 6.78. The molecule has 0 bridgehead atoms. The zero-order valence-corrected chi connectivity index (χ0v) is 14.1. The van der Waals surface area contributed by atoms with Crippen LogP contribution in [-0.4, -0.2) is 30.7 Å². The van der Waals surface area contributed by atoms with Crippen molar-refractivity contribution in [1.29, 1.82) is 0 Å². The van der Waals surface area contributed by atoms with E-state index >= 15 is 0 Å². The predicted octanol–water partition coefficient (Wildman–Crippen LogP) is 3.49. The van der Waals surface area contributed by atoms with Crippen molar-refractivity contribution < 1.29 is 31.9 Å². The first-order valence-corrected chi connectivity index (χ1v) is 7.52. The minimum Gasteiger partial charge on any atom is -0.444 e. The van der Waals surface area contributed by atoms with Gasteiger partial charge >= 0.3 is 12.3 Å². The first-order chi connectivity index (χ1) is 11.4. The number of ether oxygens (including phenoxy) is 1. The fraction of sp³-hybridized carbons (Fsp3) is 0.500. The maximum absolute atomic E-state index is 13.2. The molecule has 5 nitrogen and oxygen atoms in total. The summed E-state index contributed by atoms with van der Waals surface area (Å²) >= 11 is 0. The van der Waals surface area contributed by atoms with E-state index in [1.165, 1.54) is 0 Å². The van der Waals surface area contributed by atoms with E-state index in [-0.39, 0.29) is 18.7 Å². The van der Waals surface area contributed by atoms with Crippen LogP contribution in [0.4, 0.5) is 22.4 Å². The van der Waals surface area contributed by atoms with Crippen LogP contribution in [0.1, 0.15) is 43.1 Å². The Morgan fingerprint density at radius 2 is 1.68 bits per heavy atom. The molecule has 0 radical (unpaired) electrons. The number of hydrogen-bond acceptors (Lipinski definition) is 3. The molecule has 0 aliphatic rings. The lowest BCUT2D eigenvalue weighted by Crippen LogP contribution is -2.34. The van der Waals surface area contributed by atoms with Crippen molar-refractivity contribution in [1.82, 2.24) is 10.6 Å². The number of alkyl halides is 3. The summed E-state index contributed by atoms with van der Waals surface area (Å²) in [5.41, 5.74) is -2.42. The van der Waals surface area contributed by atoms with Crippen LogP contribution < -0.4 is 10.6 Å². The molecule has 1 aromatic rings. The molecule has 2 N–H and O–H groups in total. The van der Waals surface area contributed by atoms with Crippen LogP contribution in [0.3, 0.4) is 0 Å². The van der Waals surface area contributed by atoms with Crippen molar-refractivity contribution in [3.05, 3.63) is 35.1 Å². The van der Waals surface area contributed by atoms with E-state index in [4.69, 9.17) is 4.74 Å². The summed E-state index contributed by atoms with van der Waals surface area (Å²) in [6.07, 6.45) is -5.14. The van der Waals surface area contributed by atoms with Crippen molar-refractivity contribution in [3.8, 4) is 0 Å². The normalized spacial score (nSPS) is 11.8. The Bertz CT molecular complexity index is 625. The lowest BCUT2D eigenvalue weighted by atomic mass is 10.1. The molecule has 0 saturated heterocycles. The van der Waals surface area contributed by atoms with Crippen LogP contribution in [0.25, 0.3) is 0 Å². The van der Waals surface area contributed by atoms with Crippen LogP contribution in [0, 0.1) is 5.82 Å². The summed E-state index contributed by atoms with van der Waals surface area (Å²) < 4.78 is 56.0. The van der Waals surface area contributed by atoms with Gasteiger partial charge in [-0.2, -0.15) is 13.2 Å². The third kappa shape index (κ3) is 7.40. The van der Waals surface area contributed by atoms with E-state index in [1.807, 2.05) is 0 Å². The second-order valence-corrected chi connectivity index (χ2v) is 6.23. The highest BCUT2D eigenvalue weighted by atomic mass is 19.4. The second kappa shape index (κ2) is 8.17. The Morgan fingerprint density at radius 1 is 1.08 bits per heavy atom. The zero-order valence-electron chi connectivity index (χ0n) is 14.1. The van der Waals surface area contributed by atoms with Gasteiger partial charge in [0.25, 0.3) is 5.91 Å². The molecule has 140 valence electrons. The number of benzene rings is 1. The molecule has 0 unspecified atom stereocenters. The highest BCUT2D eigenvalue weighted by Gasteiger charge is 2.34. The molecule has 1 aromatic carbocycles. The molecule has 0 aliphatic heterocycles. The first kappa shape index (κ1) is 20.7. The van der Waals surface area contributed by atoms with E-state index in [0.29, 0.717) is 18.6 Å². The van der Waals surface area contributed by atoms with Crippen molar-refractivity contribution in [2.24, 2.45) is 0 Å². The van der Waals surface area contributed by atoms with Gasteiger partial charge < -0.3 is 15.4 Å². The molecule has 0 fully saturated rings. The Morgan fingerprint density at radius 3 is 2.24 bits per heavy atom. The maximum Gasteiger partial charge on any atom is 0.419 e. The van der Waals surface area contributed by atoms with Gasteiger partial charge in [0.2, 0.25) is 0 Å². The maximum atomic E-state index is 13.2. The Balaban J connectivity index is 2.44. The van der Waals surface area contributed by atoms with Gasteiger partial charge in [0, 0.05) is 18.7 Å². The summed E-state index contributed by atoms with van der Waals surface area (Å²) in [5, 5.41) is 4.88. The largest absolute Gasteiger partial charge is 0.444 e. The highest BCUT2D eigenvalue weighted by Crippen LogP contribution is 2.31. The molecular formula is C16H20F4N2O3. The van der Waals surface area contributed by atoms with Gasteiger partial charge in [0.15, 0.2) is 0 Å². The van der Waals surface area contributed by atoms with Gasteiger partial charge in [-0.25, -0.2) is 9.18 Å². The molecule has 0 atom stereocenters. The SMILES string of the molecule is CC(C)(C)OC(=O)NCCCNC(=O)c1ccc(F)c(C(F)(F)F)c1. The third-order valence-electron chi connectivity index (χ3n) is 2.84. The number of amides is 2. The van der Waals surface area contributed by atoms with Crippen molar-refractivity contribution >= 4 is 12.0 Å². The quantitative estimate of drug-likeness (QED) is 0.621. The van der Waals surface area contributed by atoms with Gasteiger partial charge in [-0.05, 0) is 45.4 Å². The number of alkyl carbamates (subject to hydrolysis) is 1. The summed E-state index contributed by atoms with van der Waals surface area (Å²) in [4.78, 5) is 23.2. The van der Waals surface area contributed by atoms with Gasteiger partial charge in [-0.3, -0.25) is 4.79 Å². The molecule has 1 rings (SSSR count). The van der Waals surface area contributed by atoms with E-state index in [2.05, 4.69) is 10.6 Å². The fourth-order valence-electron chi connectivity index (χ4n) is 1.78. The number of carbonyl (C=O) groups excluding carboxylic acids is 2. The van der Waals surface area contributed by atoms with Crippen LogP contribution in [0.5, 0.6) is 0 Å². The summed E-state index contributed by atoms with van der Waals surface area (Å²) in [5.74, 6) is -2.20. The molecule has 0 spiro atoms. The molecule has 2 amide bonds. The first-order valence-electron chi connectivity index (χ1n) is 7.52. The van der Waals surface area contributed by atoms with Crippen LogP contribution in [0.15, 0.2) is 18.2 Å². The number of rotatable bonds is 5. The number of nitrogens with one attached hydrogen (secondary N) is 2. The monoisotopic (exact) mass is 364 g/mol. The fourth-order valence-corrected chi connectivity index (χ4v) is 1.78.